The van der Waals surface area contributed by atoms with Gasteiger partial charge < -0.3 is 19.9 Å². The van der Waals surface area contributed by atoms with Crippen molar-refractivity contribution in [2.75, 3.05) is 32.2 Å². The lowest BCUT2D eigenvalue weighted by molar-refractivity contribution is -0.253. The van der Waals surface area contributed by atoms with Gasteiger partial charge in [0, 0.05) is 23.3 Å². The maximum atomic E-state index is 13.5. The molecule has 0 spiro atoms. The molecule has 2 bridgehead atoms. The molecule has 1 aromatic heterocycles. The molecule has 0 radical (unpaired) electrons. The molecular weight excluding hydrogens is 644 g/mol. The minimum absolute atomic E-state index is 0.186. The van der Waals surface area contributed by atoms with Gasteiger partial charge in [0.15, 0.2) is 0 Å². The zero-order valence-corrected chi connectivity index (χ0v) is 33.4. The first kappa shape index (κ1) is 38.4. The van der Waals surface area contributed by atoms with Crippen LogP contribution in [0.5, 0.6) is 0 Å². The molecule has 3 saturated carbocycles. The van der Waals surface area contributed by atoms with E-state index in [1.807, 2.05) is 7.05 Å². The Kier molecular flexibility index (Phi) is 9.70. The Hall–Kier alpha value is -2.37. The summed E-state index contributed by atoms with van der Waals surface area (Å²) in [5, 5.41) is 30.3. The summed E-state index contributed by atoms with van der Waals surface area (Å²) in [6.07, 6.45) is 7.62. The van der Waals surface area contributed by atoms with Crippen molar-refractivity contribution in [2.45, 2.75) is 132 Å². The Labute approximate surface area is 305 Å². The molecule has 4 fully saturated rings. The standard InChI is InChI=1S/C40H66N6O5/c1-23(2)25(5)35(7)17-18-37(9)27-13-14-30-36(8)20-50-22-40(30,28(27)15-16-38(37,10)31(35)33(48)49)19-29(46-34(42-26(6)47)43-44-45-46)32(36)51-21-39(11,41-12)24(3)4/h15,23-25,27,29-32,41H,13-14,16-22H2,1-12H3,(H,48,49)(H,42,43,45,47)/t25-,27+,29-,30+,31-,32+,35-,36+,37-,38+,39+,40?/m1/s1. The number of nitrogens with one attached hydrogen (secondary N) is 2. The Bertz CT molecular complexity index is 1540. The van der Waals surface area contributed by atoms with Gasteiger partial charge >= 0.3 is 5.97 Å². The fraction of sp³-hybridized carbons (Fsp3) is 0.875. The second kappa shape index (κ2) is 12.9. The van der Waals surface area contributed by atoms with Crippen molar-refractivity contribution in [2.24, 2.45) is 62.6 Å². The molecule has 5 aliphatic rings. The Morgan fingerprint density at radius 1 is 1.10 bits per heavy atom. The predicted octanol–water partition coefficient (Wildman–Crippen LogP) is 6.78. The number of amides is 1. The SMILES string of the molecule is CN[C@@](C)(CO[C@H]1[C@H](n2nnnc2NC(C)=O)CC23COC[C@@]1(C)[C@@H]2CC[C@H]1C3=CC[C@@]2(C)[C@H](C(=O)O)[C@@](C)([C@H](C)C(C)C)CC[C@]12C)C(C)C. The highest BCUT2D eigenvalue weighted by Gasteiger charge is 2.72. The van der Waals surface area contributed by atoms with Gasteiger partial charge in [-0.3, -0.25) is 14.9 Å². The minimum atomic E-state index is -0.646. The first-order valence-corrected chi connectivity index (χ1v) is 19.6. The van der Waals surface area contributed by atoms with Gasteiger partial charge in [0.2, 0.25) is 11.9 Å². The van der Waals surface area contributed by atoms with E-state index in [1.54, 1.807) is 4.68 Å². The van der Waals surface area contributed by atoms with Crippen LogP contribution in [-0.4, -0.2) is 75.7 Å². The second-order valence-electron chi connectivity index (χ2n) is 19.3. The number of likely N-dealkylation sites (N-methyl/N-ethyl adjacent to an activating group) is 1. The quantitative estimate of drug-likeness (QED) is 0.224. The largest absolute Gasteiger partial charge is 0.481 e. The highest BCUT2D eigenvalue weighted by atomic mass is 16.5. The van der Waals surface area contributed by atoms with Crippen molar-refractivity contribution in [3.05, 3.63) is 11.6 Å². The van der Waals surface area contributed by atoms with Crippen LogP contribution in [0.1, 0.15) is 121 Å². The molecule has 3 N–H and O–H groups in total. The molecule has 4 aliphatic carbocycles. The number of fused-ring (bicyclic) bond motifs is 3. The fourth-order valence-electron chi connectivity index (χ4n) is 12.6. The highest BCUT2D eigenvalue weighted by molar-refractivity contribution is 5.86. The van der Waals surface area contributed by atoms with E-state index < -0.39 is 17.3 Å². The molecule has 1 aliphatic heterocycles. The van der Waals surface area contributed by atoms with Gasteiger partial charge in [-0.05, 0) is 109 Å². The van der Waals surface area contributed by atoms with E-state index in [0.717, 1.165) is 32.1 Å². The van der Waals surface area contributed by atoms with E-state index in [9.17, 15) is 14.7 Å². The maximum Gasteiger partial charge on any atom is 0.307 e. The number of hydrogen-bond acceptors (Lipinski definition) is 8. The molecule has 2 heterocycles. The van der Waals surface area contributed by atoms with Crippen molar-refractivity contribution < 1.29 is 24.2 Å². The average molecular weight is 711 g/mol. The predicted molar refractivity (Wildman–Crippen MR) is 197 cm³/mol. The number of ether oxygens (including phenoxy) is 2. The van der Waals surface area contributed by atoms with Crippen LogP contribution < -0.4 is 10.6 Å². The lowest BCUT2D eigenvalue weighted by Gasteiger charge is -2.71. The van der Waals surface area contributed by atoms with Gasteiger partial charge in [-0.15, -0.1) is 0 Å². The van der Waals surface area contributed by atoms with Crippen LogP contribution in [-0.2, 0) is 19.1 Å². The normalized spacial score (nSPS) is 42.2. The van der Waals surface area contributed by atoms with Gasteiger partial charge in [-0.25, -0.2) is 4.68 Å². The van der Waals surface area contributed by atoms with Gasteiger partial charge in [0.25, 0.3) is 0 Å². The molecule has 286 valence electrons. The van der Waals surface area contributed by atoms with E-state index in [1.165, 1.54) is 12.5 Å². The van der Waals surface area contributed by atoms with E-state index in [0.29, 0.717) is 49.9 Å². The molecule has 1 amide bonds. The summed E-state index contributed by atoms with van der Waals surface area (Å²) in [7, 11) is 1.99. The van der Waals surface area contributed by atoms with E-state index in [2.05, 4.69) is 101 Å². The van der Waals surface area contributed by atoms with E-state index >= 15 is 0 Å². The van der Waals surface area contributed by atoms with Crippen molar-refractivity contribution >= 4 is 17.8 Å². The van der Waals surface area contributed by atoms with Crippen molar-refractivity contribution in [3.63, 3.8) is 0 Å². The van der Waals surface area contributed by atoms with Crippen LogP contribution in [0.3, 0.4) is 0 Å². The molecule has 51 heavy (non-hydrogen) atoms. The molecular formula is C40H66N6O5. The lowest BCUT2D eigenvalue weighted by Crippen LogP contribution is -2.69. The van der Waals surface area contributed by atoms with Crippen molar-refractivity contribution in [1.29, 1.82) is 0 Å². The highest BCUT2D eigenvalue weighted by Crippen LogP contribution is 2.75. The van der Waals surface area contributed by atoms with Gasteiger partial charge in [-0.2, -0.15) is 0 Å². The molecule has 1 saturated heterocycles. The molecule has 11 nitrogen and oxygen atoms in total. The van der Waals surface area contributed by atoms with Gasteiger partial charge in [0.05, 0.1) is 37.9 Å². The Morgan fingerprint density at radius 2 is 1.80 bits per heavy atom. The first-order valence-electron chi connectivity index (χ1n) is 19.6. The number of nitrogens with zero attached hydrogens (tertiary/aromatic N) is 4. The number of aromatic nitrogens is 4. The molecule has 1 unspecified atom stereocenters. The number of rotatable bonds is 10. The van der Waals surface area contributed by atoms with Crippen LogP contribution in [0, 0.1) is 62.6 Å². The van der Waals surface area contributed by atoms with Crippen LogP contribution >= 0.6 is 0 Å². The third-order valence-corrected chi connectivity index (χ3v) is 16.6. The summed E-state index contributed by atoms with van der Waals surface area (Å²) < 4.78 is 15.7. The van der Waals surface area contributed by atoms with Crippen LogP contribution in [0.4, 0.5) is 5.95 Å². The maximum absolute atomic E-state index is 13.5. The lowest BCUT2D eigenvalue weighted by atomic mass is 9.34. The Balaban J connectivity index is 1.47. The summed E-state index contributed by atoms with van der Waals surface area (Å²) in [5.74, 6) is 0.592. The van der Waals surface area contributed by atoms with Crippen LogP contribution in [0.25, 0.3) is 0 Å². The summed E-state index contributed by atoms with van der Waals surface area (Å²) in [6.45, 7) is 25.9. The molecule has 1 aromatic rings. The molecule has 12 atom stereocenters. The number of carbonyl (C=O) groups excluding carboxylic acids is 1. The smallest absolute Gasteiger partial charge is 0.307 e. The van der Waals surface area contributed by atoms with Crippen LogP contribution in [0.2, 0.25) is 0 Å². The van der Waals surface area contributed by atoms with Gasteiger partial charge in [0.1, 0.15) is 0 Å². The van der Waals surface area contributed by atoms with E-state index in [-0.39, 0.29) is 57.1 Å². The minimum Gasteiger partial charge on any atom is -0.481 e. The van der Waals surface area contributed by atoms with Crippen molar-refractivity contribution in [1.82, 2.24) is 25.5 Å². The fourth-order valence-corrected chi connectivity index (χ4v) is 12.6. The number of aliphatic carboxylic acids is 1. The third-order valence-electron chi connectivity index (χ3n) is 16.6. The summed E-state index contributed by atoms with van der Waals surface area (Å²) in [5.41, 5.74) is -0.324. The van der Waals surface area contributed by atoms with E-state index in [4.69, 9.17) is 9.47 Å². The second-order valence-corrected chi connectivity index (χ2v) is 19.3. The number of anilines is 1. The summed E-state index contributed by atoms with van der Waals surface area (Å²) >= 11 is 0. The zero-order valence-electron chi connectivity index (χ0n) is 33.4. The first-order chi connectivity index (χ1) is 23.8. The molecule has 11 heteroatoms. The monoisotopic (exact) mass is 711 g/mol. The van der Waals surface area contributed by atoms with Crippen molar-refractivity contribution in [3.8, 4) is 0 Å². The summed E-state index contributed by atoms with van der Waals surface area (Å²) in [4.78, 5) is 25.8. The number of carbonyl (C=O) groups is 2. The number of carboxylic acid groups (broad SMARTS) is 1. The average Bonchev–Trinajstić information content (AvgIpc) is 3.50. The number of carboxylic acids is 1. The van der Waals surface area contributed by atoms with Crippen LogP contribution in [0.15, 0.2) is 11.6 Å². The summed E-state index contributed by atoms with van der Waals surface area (Å²) in [6, 6.07) is -0.255. The third kappa shape index (κ3) is 5.47. The number of allylic oxidation sites excluding steroid dienone is 1. The number of tetrazole rings is 1. The Morgan fingerprint density at radius 3 is 2.41 bits per heavy atom. The number of hydrogen-bond donors (Lipinski definition) is 3. The zero-order chi connectivity index (χ0) is 37.5. The van der Waals surface area contributed by atoms with Gasteiger partial charge in [-0.1, -0.05) is 79.1 Å². The molecule has 6 rings (SSSR count). The molecule has 0 aromatic carbocycles. The topological polar surface area (TPSA) is 140 Å².